The Kier molecular flexibility index (Phi) is 2.89. The van der Waals surface area contributed by atoms with Gasteiger partial charge in [-0.1, -0.05) is 23.8 Å². The van der Waals surface area contributed by atoms with Gasteiger partial charge in [0.2, 0.25) is 0 Å². The average molecular weight is 228 g/mol. The molecule has 0 atom stereocenters. The monoisotopic (exact) mass is 228 g/mol. The molecule has 90 valence electrons. The molecule has 0 aliphatic carbocycles. The third kappa shape index (κ3) is 2.37. The Morgan fingerprint density at radius 1 is 1.35 bits per heavy atom. The molecule has 1 aromatic carbocycles. The van der Waals surface area contributed by atoms with E-state index in [-0.39, 0.29) is 0 Å². The number of fused-ring (bicyclic) bond motifs is 1. The van der Waals surface area contributed by atoms with Crippen LogP contribution in [0, 0.1) is 0 Å². The van der Waals surface area contributed by atoms with Crippen LogP contribution >= 0.6 is 0 Å². The fourth-order valence-corrected chi connectivity index (χ4v) is 2.84. The molecule has 1 N–H and O–H groups in total. The van der Waals surface area contributed by atoms with Crippen molar-refractivity contribution in [3.8, 4) is 0 Å². The summed E-state index contributed by atoms with van der Waals surface area (Å²) < 4.78 is 0. The second kappa shape index (κ2) is 4.53. The summed E-state index contributed by atoms with van der Waals surface area (Å²) in [5.41, 5.74) is 5.80. The van der Waals surface area contributed by atoms with Crippen molar-refractivity contribution >= 4 is 5.69 Å². The van der Waals surface area contributed by atoms with E-state index in [0.29, 0.717) is 0 Å². The van der Waals surface area contributed by atoms with Gasteiger partial charge in [0.05, 0.1) is 0 Å². The van der Waals surface area contributed by atoms with Crippen LogP contribution in [0.15, 0.2) is 29.8 Å². The third-order valence-electron chi connectivity index (χ3n) is 3.70. The van der Waals surface area contributed by atoms with Crippen LogP contribution in [0.3, 0.4) is 0 Å². The van der Waals surface area contributed by atoms with Crippen molar-refractivity contribution in [1.82, 2.24) is 4.90 Å². The standard InChI is InChI=1S/C15H20N2/c1-12-3-2-8-17(10-12)11-13-4-5-15-14(9-13)6-7-16-15/h3-5,9,16H,2,6-8,10-11H2,1H3. The minimum atomic E-state index is 1.10. The molecular formula is C15H20N2. The number of nitrogens with one attached hydrogen (secondary N) is 1. The van der Waals surface area contributed by atoms with Crippen molar-refractivity contribution in [2.45, 2.75) is 26.3 Å². The number of anilines is 1. The number of benzene rings is 1. The molecule has 1 aromatic rings. The molecule has 0 amide bonds. The Bertz CT molecular complexity index is 448. The van der Waals surface area contributed by atoms with Gasteiger partial charge in [-0.15, -0.1) is 0 Å². The topological polar surface area (TPSA) is 15.3 Å². The van der Waals surface area contributed by atoms with E-state index in [9.17, 15) is 0 Å². The van der Waals surface area contributed by atoms with Gasteiger partial charge >= 0.3 is 0 Å². The number of hydrogen-bond acceptors (Lipinski definition) is 2. The van der Waals surface area contributed by atoms with E-state index in [0.717, 1.165) is 19.6 Å². The minimum absolute atomic E-state index is 1.10. The Hall–Kier alpha value is -1.28. The lowest BCUT2D eigenvalue weighted by atomic mass is 10.1. The molecule has 0 radical (unpaired) electrons. The van der Waals surface area contributed by atoms with Gasteiger partial charge in [-0.2, -0.15) is 0 Å². The molecule has 0 aromatic heterocycles. The van der Waals surface area contributed by atoms with Crippen molar-refractivity contribution < 1.29 is 0 Å². The minimum Gasteiger partial charge on any atom is -0.384 e. The molecule has 0 saturated heterocycles. The van der Waals surface area contributed by atoms with E-state index >= 15 is 0 Å². The Morgan fingerprint density at radius 2 is 2.29 bits per heavy atom. The summed E-state index contributed by atoms with van der Waals surface area (Å²) in [5, 5.41) is 3.42. The Morgan fingerprint density at radius 3 is 3.18 bits per heavy atom. The first-order chi connectivity index (χ1) is 8.31. The van der Waals surface area contributed by atoms with Crippen molar-refractivity contribution in [2.75, 3.05) is 25.0 Å². The molecular weight excluding hydrogens is 208 g/mol. The molecule has 2 heteroatoms. The second-order valence-electron chi connectivity index (χ2n) is 5.22. The van der Waals surface area contributed by atoms with Crippen LogP contribution < -0.4 is 5.32 Å². The number of rotatable bonds is 2. The Labute approximate surface area is 103 Å². The van der Waals surface area contributed by atoms with Gasteiger partial charge in [-0.05, 0) is 37.0 Å². The molecule has 2 aliphatic heterocycles. The fraction of sp³-hybridized carbons (Fsp3) is 0.467. The van der Waals surface area contributed by atoms with Gasteiger partial charge in [0, 0.05) is 31.9 Å². The number of hydrogen-bond donors (Lipinski definition) is 1. The fourth-order valence-electron chi connectivity index (χ4n) is 2.84. The maximum Gasteiger partial charge on any atom is 0.0373 e. The van der Waals surface area contributed by atoms with Crippen molar-refractivity contribution in [3.05, 3.63) is 41.0 Å². The quantitative estimate of drug-likeness (QED) is 0.783. The van der Waals surface area contributed by atoms with Gasteiger partial charge < -0.3 is 5.32 Å². The molecule has 2 aliphatic rings. The Balaban J connectivity index is 1.71. The SMILES string of the molecule is CC1=CCCN(Cc2ccc3c(c2)CCN3)C1. The maximum atomic E-state index is 3.42. The van der Waals surface area contributed by atoms with Gasteiger partial charge in [-0.25, -0.2) is 0 Å². The summed E-state index contributed by atoms with van der Waals surface area (Å²) in [6.45, 7) is 6.77. The largest absolute Gasteiger partial charge is 0.384 e. The first-order valence-electron chi connectivity index (χ1n) is 6.55. The highest BCUT2D eigenvalue weighted by Crippen LogP contribution is 2.24. The van der Waals surface area contributed by atoms with E-state index in [1.807, 2.05) is 0 Å². The van der Waals surface area contributed by atoms with E-state index < -0.39 is 0 Å². The lowest BCUT2D eigenvalue weighted by Gasteiger charge is -2.26. The van der Waals surface area contributed by atoms with E-state index in [1.165, 1.54) is 41.8 Å². The van der Waals surface area contributed by atoms with Gasteiger partial charge in [0.1, 0.15) is 0 Å². The molecule has 0 spiro atoms. The molecule has 2 nitrogen and oxygen atoms in total. The zero-order valence-electron chi connectivity index (χ0n) is 10.5. The zero-order chi connectivity index (χ0) is 11.7. The highest BCUT2D eigenvalue weighted by Gasteiger charge is 2.13. The molecule has 0 saturated carbocycles. The second-order valence-corrected chi connectivity index (χ2v) is 5.22. The molecule has 17 heavy (non-hydrogen) atoms. The van der Waals surface area contributed by atoms with Crippen LogP contribution in [-0.2, 0) is 13.0 Å². The summed E-state index contributed by atoms with van der Waals surface area (Å²) in [6.07, 6.45) is 4.75. The summed E-state index contributed by atoms with van der Waals surface area (Å²) in [4.78, 5) is 2.54. The molecule has 0 fully saturated rings. The predicted octanol–water partition coefficient (Wildman–Crippen LogP) is 2.81. The highest BCUT2D eigenvalue weighted by molar-refractivity contribution is 5.56. The lowest BCUT2D eigenvalue weighted by Crippen LogP contribution is -2.28. The van der Waals surface area contributed by atoms with Crippen LogP contribution in [0.5, 0.6) is 0 Å². The van der Waals surface area contributed by atoms with Crippen molar-refractivity contribution in [1.29, 1.82) is 0 Å². The van der Waals surface area contributed by atoms with E-state index in [2.05, 4.69) is 41.4 Å². The average Bonchev–Trinajstić information content (AvgIpc) is 2.76. The highest BCUT2D eigenvalue weighted by atomic mass is 15.1. The molecule has 0 bridgehead atoms. The van der Waals surface area contributed by atoms with Crippen LogP contribution in [0.4, 0.5) is 5.69 Å². The number of nitrogens with zero attached hydrogens (tertiary/aromatic N) is 1. The van der Waals surface area contributed by atoms with Gasteiger partial charge in [0.15, 0.2) is 0 Å². The van der Waals surface area contributed by atoms with Gasteiger partial charge in [-0.3, -0.25) is 4.90 Å². The lowest BCUT2D eigenvalue weighted by molar-refractivity contribution is 0.282. The predicted molar refractivity (Wildman–Crippen MR) is 72.3 cm³/mol. The summed E-state index contributed by atoms with van der Waals surface area (Å²) in [6, 6.07) is 6.89. The summed E-state index contributed by atoms with van der Waals surface area (Å²) in [5.74, 6) is 0. The summed E-state index contributed by atoms with van der Waals surface area (Å²) in [7, 11) is 0. The van der Waals surface area contributed by atoms with Crippen LogP contribution in [0.2, 0.25) is 0 Å². The van der Waals surface area contributed by atoms with Crippen molar-refractivity contribution in [3.63, 3.8) is 0 Å². The third-order valence-corrected chi connectivity index (χ3v) is 3.70. The van der Waals surface area contributed by atoms with E-state index in [4.69, 9.17) is 0 Å². The van der Waals surface area contributed by atoms with Crippen LogP contribution in [0.1, 0.15) is 24.5 Å². The van der Waals surface area contributed by atoms with Crippen molar-refractivity contribution in [2.24, 2.45) is 0 Å². The smallest absolute Gasteiger partial charge is 0.0373 e. The molecule has 3 rings (SSSR count). The molecule has 0 unspecified atom stereocenters. The van der Waals surface area contributed by atoms with Crippen LogP contribution in [-0.4, -0.2) is 24.5 Å². The first kappa shape index (κ1) is 10.8. The maximum absolute atomic E-state index is 3.42. The first-order valence-corrected chi connectivity index (χ1v) is 6.55. The normalized spacial score (nSPS) is 19.7. The van der Waals surface area contributed by atoms with E-state index in [1.54, 1.807) is 0 Å². The zero-order valence-corrected chi connectivity index (χ0v) is 10.5. The summed E-state index contributed by atoms with van der Waals surface area (Å²) >= 11 is 0. The molecule has 2 heterocycles. The van der Waals surface area contributed by atoms with Gasteiger partial charge in [0.25, 0.3) is 0 Å². The van der Waals surface area contributed by atoms with Crippen LogP contribution in [0.25, 0.3) is 0 Å².